The second-order valence-corrected chi connectivity index (χ2v) is 9.43. The van der Waals surface area contributed by atoms with Gasteiger partial charge in [0.05, 0.1) is 11.0 Å². The van der Waals surface area contributed by atoms with Gasteiger partial charge in [0.2, 0.25) is 0 Å². The third kappa shape index (κ3) is 3.64. The maximum atomic E-state index is 5.01. The molecule has 0 N–H and O–H groups in total. The van der Waals surface area contributed by atoms with E-state index < -0.39 is 0 Å². The van der Waals surface area contributed by atoms with Crippen molar-refractivity contribution in [2.45, 2.75) is 51.9 Å². The number of hydrogen-bond acceptors (Lipinski definition) is 2. The van der Waals surface area contributed by atoms with Crippen molar-refractivity contribution < 1.29 is 0 Å². The first kappa shape index (κ1) is 18.6. The second kappa shape index (κ2) is 6.70. The van der Waals surface area contributed by atoms with Gasteiger partial charge in [-0.05, 0) is 58.7 Å². The number of fused-ring (bicyclic) bond motifs is 2. The van der Waals surface area contributed by atoms with Gasteiger partial charge in [0.1, 0.15) is 0 Å². The Labute approximate surface area is 167 Å². The van der Waals surface area contributed by atoms with Gasteiger partial charge in [0.25, 0.3) is 0 Å². The highest BCUT2D eigenvalue weighted by molar-refractivity contribution is 5.80. The van der Waals surface area contributed by atoms with Crippen LogP contribution in [0.3, 0.4) is 0 Å². The van der Waals surface area contributed by atoms with Crippen LogP contribution in [0.1, 0.15) is 51.4 Å². The van der Waals surface area contributed by atoms with Crippen LogP contribution in [0.4, 0.5) is 0 Å². The molecule has 0 atom stereocenters. The summed E-state index contributed by atoms with van der Waals surface area (Å²) in [6.07, 6.45) is 2.74. The van der Waals surface area contributed by atoms with Crippen molar-refractivity contribution in [2.75, 3.05) is 0 Å². The van der Waals surface area contributed by atoms with E-state index in [2.05, 4.69) is 94.2 Å². The highest BCUT2D eigenvalue weighted by Crippen LogP contribution is 2.31. The first-order valence-corrected chi connectivity index (χ1v) is 9.98. The van der Waals surface area contributed by atoms with E-state index in [1.54, 1.807) is 0 Å². The zero-order valence-electron chi connectivity index (χ0n) is 17.5. The van der Waals surface area contributed by atoms with Crippen LogP contribution in [0.5, 0.6) is 0 Å². The molecule has 4 rings (SSSR count). The van der Waals surface area contributed by atoms with Gasteiger partial charge in [0, 0.05) is 22.7 Å². The van der Waals surface area contributed by atoms with Crippen molar-refractivity contribution in [1.29, 1.82) is 0 Å². The summed E-state index contributed by atoms with van der Waals surface area (Å²) in [6, 6.07) is 21.7. The first-order valence-electron chi connectivity index (χ1n) is 9.98. The van der Waals surface area contributed by atoms with Crippen molar-refractivity contribution in [2.24, 2.45) is 0 Å². The minimum absolute atomic E-state index is 0.00759. The Kier molecular flexibility index (Phi) is 4.45. The topological polar surface area (TPSA) is 25.8 Å². The van der Waals surface area contributed by atoms with Crippen LogP contribution in [0.15, 0.2) is 66.9 Å². The van der Waals surface area contributed by atoms with E-state index in [1.807, 2.05) is 12.3 Å². The molecule has 2 aromatic heterocycles. The molecule has 0 saturated carbocycles. The zero-order chi connectivity index (χ0) is 19.9. The van der Waals surface area contributed by atoms with Gasteiger partial charge in [-0.1, -0.05) is 65.0 Å². The number of rotatable bonds is 3. The van der Waals surface area contributed by atoms with E-state index >= 15 is 0 Å². The van der Waals surface area contributed by atoms with Crippen LogP contribution >= 0.6 is 0 Å². The minimum Gasteiger partial charge on any atom is -0.256 e. The molecule has 0 saturated heterocycles. The Balaban J connectivity index is 1.68. The lowest BCUT2D eigenvalue weighted by atomic mass is 9.80. The van der Waals surface area contributed by atoms with E-state index in [0.717, 1.165) is 23.1 Å². The zero-order valence-corrected chi connectivity index (χ0v) is 17.5. The number of aromatic nitrogens is 2. The quantitative estimate of drug-likeness (QED) is 0.407. The standard InChI is InChI=1S/C26H28N2/c1-25(2,3)20-10-8-18-9-12-22(28-24(18)16-20)17-26(4,5)21-11-13-23-19(15-21)7-6-14-27-23/h6-16H,17H2,1-5H3. The number of hydrogen-bond donors (Lipinski definition) is 0. The Morgan fingerprint density at radius 1 is 0.714 bits per heavy atom. The van der Waals surface area contributed by atoms with Gasteiger partial charge in [-0.25, -0.2) is 0 Å². The summed E-state index contributed by atoms with van der Waals surface area (Å²) < 4.78 is 0. The van der Waals surface area contributed by atoms with Gasteiger partial charge in [-0.3, -0.25) is 9.97 Å². The van der Waals surface area contributed by atoms with E-state index in [-0.39, 0.29) is 10.8 Å². The van der Waals surface area contributed by atoms with Gasteiger partial charge in [-0.15, -0.1) is 0 Å². The average molecular weight is 369 g/mol. The van der Waals surface area contributed by atoms with Crippen molar-refractivity contribution in [3.63, 3.8) is 0 Å². The average Bonchev–Trinajstić information content (AvgIpc) is 2.66. The molecule has 0 spiro atoms. The molecular weight excluding hydrogens is 340 g/mol. The van der Waals surface area contributed by atoms with Gasteiger partial charge in [0.15, 0.2) is 0 Å². The molecule has 0 radical (unpaired) electrons. The molecule has 2 heterocycles. The summed E-state index contributed by atoms with van der Waals surface area (Å²) in [5.41, 5.74) is 6.03. The number of pyridine rings is 2. The lowest BCUT2D eigenvalue weighted by Crippen LogP contribution is -2.21. The Hall–Kier alpha value is -2.74. The highest BCUT2D eigenvalue weighted by Gasteiger charge is 2.23. The van der Waals surface area contributed by atoms with Gasteiger partial charge in [-0.2, -0.15) is 0 Å². The summed E-state index contributed by atoms with van der Waals surface area (Å²) >= 11 is 0. The molecule has 0 fully saturated rings. The summed E-state index contributed by atoms with van der Waals surface area (Å²) in [4.78, 5) is 9.45. The summed E-state index contributed by atoms with van der Waals surface area (Å²) in [7, 11) is 0. The van der Waals surface area contributed by atoms with Crippen LogP contribution in [-0.2, 0) is 17.3 Å². The predicted octanol–water partition coefficient (Wildman–Crippen LogP) is 6.60. The van der Waals surface area contributed by atoms with Gasteiger partial charge < -0.3 is 0 Å². The Morgan fingerprint density at radius 2 is 1.46 bits per heavy atom. The lowest BCUT2D eigenvalue weighted by molar-refractivity contribution is 0.516. The van der Waals surface area contributed by atoms with E-state index in [4.69, 9.17) is 4.98 Å². The van der Waals surface area contributed by atoms with Crippen molar-refractivity contribution in [3.05, 3.63) is 83.7 Å². The molecule has 0 unspecified atom stereocenters. The van der Waals surface area contributed by atoms with Crippen molar-refractivity contribution in [3.8, 4) is 0 Å². The van der Waals surface area contributed by atoms with Crippen molar-refractivity contribution in [1.82, 2.24) is 9.97 Å². The molecule has 0 bridgehead atoms. The largest absolute Gasteiger partial charge is 0.256 e. The summed E-state index contributed by atoms with van der Waals surface area (Å²) in [5, 5.41) is 2.39. The highest BCUT2D eigenvalue weighted by atomic mass is 14.7. The van der Waals surface area contributed by atoms with Gasteiger partial charge >= 0.3 is 0 Å². The number of nitrogens with zero attached hydrogens (tertiary/aromatic N) is 2. The van der Waals surface area contributed by atoms with Crippen LogP contribution in [0.25, 0.3) is 21.8 Å². The van der Waals surface area contributed by atoms with Crippen LogP contribution < -0.4 is 0 Å². The third-order valence-corrected chi connectivity index (χ3v) is 5.62. The Bertz CT molecular complexity index is 1150. The molecule has 2 heteroatoms. The van der Waals surface area contributed by atoms with Crippen molar-refractivity contribution >= 4 is 21.8 Å². The fraction of sp³-hybridized carbons (Fsp3) is 0.308. The third-order valence-electron chi connectivity index (χ3n) is 5.62. The first-order chi connectivity index (χ1) is 13.2. The number of benzene rings is 2. The molecular formula is C26H28N2. The molecule has 2 nitrogen and oxygen atoms in total. The lowest BCUT2D eigenvalue weighted by Gasteiger charge is -2.25. The molecule has 4 aromatic rings. The fourth-order valence-corrected chi connectivity index (χ4v) is 3.78. The molecule has 0 amide bonds. The smallest absolute Gasteiger partial charge is 0.0708 e. The minimum atomic E-state index is -0.00759. The van der Waals surface area contributed by atoms with Crippen LogP contribution in [0.2, 0.25) is 0 Å². The second-order valence-electron chi connectivity index (χ2n) is 9.43. The SMILES string of the molecule is CC(C)(C)c1ccc2ccc(CC(C)(C)c3ccc4ncccc4c3)nc2c1. The van der Waals surface area contributed by atoms with E-state index in [1.165, 1.54) is 21.9 Å². The molecule has 2 aromatic carbocycles. The normalized spacial score (nSPS) is 12.6. The molecule has 0 aliphatic heterocycles. The maximum absolute atomic E-state index is 5.01. The summed E-state index contributed by atoms with van der Waals surface area (Å²) in [5.74, 6) is 0. The fourth-order valence-electron chi connectivity index (χ4n) is 3.78. The van der Waals surface area contributed by atoms with Crippen LogP contribution in [-0.4, -0.2) is 9.97 Å². The Morgan fingerprint density at radius 3 is 2.25 bits per heavy atom. The summed E-state index contributed by atoms with van der Waals surface area (Å²) in [6.45, 7) is 11.3. The van der Waals surface area contributed by atoms with E-state index in [0.29, 0.717) is 0 Å². The van der Waals surface area contributed by atoms with E-state index in [9.17, 15) is 0 Å². The van der Waals surface area contributed by atoms with Crippen LogP contribution in [0, 0.1) is 0 Å². The molecule has 0 aliphatic rings. The monoisotopic (exact) mass is 368 g/mol. The predicted molar refractivity (Wildman–Crippen MR) is 119 cm³/mol. The molecule has 0 aliphatic carbocycles. The molecule has 28 heavy (non-hydrogen) atoms. The maximum Gasteiger partial charge on any atom is 0.0708 e. The molecule has 142 valence electrons.